The number of imidazole rings is 1. The van der Waals surface area contributed by atoms with Gasteiger partial charge in [-0.3, -0.25) is 4.79 Å². The molecule has 2 aromatic heterocycles. The summed E-state index contributed by atoms with van der Waals surface area (Å²) in [4.78, 5) is 18.0. The Kier molecular flexibility index (Phi) is 4.33. The van der Waals surface area contributed by atoms with Gasteiger partial charge < -0.3 is 4.74 Å². The molecule has 5 rings (SSSR count). The van der Waals surface area contributed by atoms with E-state index in [4.69, 9.17) is 4.74 Å². The Bertz CT molecular complexity index is 1440. The van der Waals surface area contributed by atoms with Crippen molar-refractivity contribution in [3.63, 3.8) is 0 Å². The molecule has 0 saturated carbocycles. The van der Waals surface area contributed by atoms with E-state index in [1.54, 1.807) is 22.6 Å². The lowest BCUT2D eigenvalue weighted by atomic mass is 10.2. The van der Waals surface area contributed by atoms with Crippen molar-refractivity contribution < 1.29 is 9.13 Å². The third kappa shape index (κ3) is 3.28. The number of nitrogens with zero attached hydrogens (tertiary/aromatic N) is 2. The van der Waals surface area contributed by atoms with E-state index >= 15 is 0 Å². The predicted octanol–water partition coefficient (Wildman–Crippen LogP) is 4.18. The molecule has 0 spiro atoms. The summed E-state index contributed by atoms with van der Waals surface area (Å²) in [6, 6.07) is 21.5. The van der Waals surface area contributed by atoms with Gasteiger partial charge in [0.15, 0.2) is 4.96 Å². The van der Waals surface area contributed by atoms with Crippen LogP contribution in [-0.2, 0) is 6.61 Å². The van der Waals surface area contributed by atoms with Crippen molar-refractivity contribution in [2.45, 2.75) is 6.61 Å². The smallest absolute Gasteiger partial charge is 0.274 e. The van der Waals surface area contributed by atoms with E-state index < -0.39 is 0 Å². The minimum absolute atomic E-state index is 0.0708. The third-order valence-corrected chi connectivity index (χ3v) is 5.64. The highest BCUT2D eigenvalue weighted by molar-refractivity contribution is 7.15. The molecule has 0 radical (unpaired) electrons. The average molecular weight is 402 g/mol. The third-order valence-electron chi connectivity index (χ3n) is 4.68. The van der Waals surface area contributed by atoms with E-state index in [-0.39, 0.29) is 18.0 Å². The Morgan fingerprint density at radius 1 is 1.00 bits per heavy atom. The highest BCUT2D eigenvalue weighted by Gasteiger charge is 2.10. The van der Waals surface area contributed by atoms with Crippen LogP contribution < -0.4 is 14.8 Å². The molecule has 3 aromatic carbocycles. The normalized spacial score (nSPS) is 12.1. The largest absolute Gasteiger partial charge is 0.489 e. The van der Waals surface area contributed by atoms with Crippen molar-refractivity contribution in [2.75, 3.05) is 0 Å². The fourth-order valence-electron chi connectivity index (χ4n) is 3.20. The summed E-state index contributed by atoms with van der Waals surface area (Å²) < 4.78 is 21.6. The Labute approximate surface area is 169 Å². The van der Waals surface area contributed by atoms with Gasteiger partial charge in [0.05, 0.1) is 15.6 Å². The van der Waals surface area contributed by atoms with Crippen molar-refractivity contribution in [1.29, 1.82) is 0 Å². The molecule has 0 amide bonds. The molecule has 0 unspecified atom stereocenters. The SMILES string of the molecule is O=c1/c(=C/c2ccc(OCc3ccccc3F)cc2)sc2nc3ccccc3n12. The topological polar surface area (TPSA) is 43.6 Å². The van der Waals surface area contributed by atoms with E-state index in [0.29, 0.717) is 20.8 Å². The van der Waals surface area contributed by atoms with E-state index in [1.165, 1.54) is 17.4 Å². The van der Waals surface area contributed by atoms with Crippen LogP contribution in [-0.4, -0.2) is 9.38 Å². The van der Waals surface area contributed by atoms with Crippen LogP contribution in [0.25, 0.3) is 22.1 Å². The number of halogens is 1. The highest BCUT2D eigenvalue weighted by Crippen LogP contribution is 2.17. The number of fused-ring (bicyclic) bond motifs is 3. The van der Waals surface area contributed by atoms with Gasteiger partial charge in [0, 0.05) is 5.56 Å². The molecule has 0 bridgehead atoms. The lowest BCUT2D eigenvalue weighted by molar-refractivity contribution is 0.300. The van der Waals surface area contributed by atoms with Gasteiger partial charge in [-0.1, -0.05) is 53.8 Å². The number of benzene rings is 3. The van der Waals surface area contributed by atoms with Crippen LogP contribution >= 0.6 is 11.3 Å². The lowest BCUT2D eigenvalue weighted by Gasteiger charge is -2.07. The van der Waals surface area contributed by atoms with Crippen LogP contribution in [0.3, 0.4) is 0 Å². The molecule has 2 heterocycles. The second-order valence-corrected chi connectivity index (χ2v) is 7.59. The second-order valence-electron chi connectivity index (χ2n) is 6.58. The van der Waals surface area contributed by atoms with Crippen molar-refractivity contribution in [3.8, 4) is 5.75 Å². The zero-order valence-electron chi connectivity index (χ0n) is 15.2. The Morgan fingerprint density at radius 2 is 1.76 bits per heavy atom. The molecule has 0 fully saturated rings. The van der Waals surface area contributed by atoms with E-state index in [0.717, 1.165) is 16.6 Å². The van der Waals surface area contributed by atoms with Gasteiger partial charge in [-0.25, -0.2) is 13.8 Å². The standard InChI is InChI=1S/C23H15FN2O2S/c24-18-6-2-1-5-16(18)14-28-17-11-9-15(10-12-17)13-21-22(27)26-20-8-4-3-7-19(20)25-23(26)29-21/h1-13H,14H2/b21-13-. The number of rotatable bonds is 4. The molecule has 29 heavy (non-hydrogen) atoms. The Morgan fingerprint density at radius 3 is 2.59 bits per heavy atom. The van der Waals surface area contributed by atoms with Gasteiger partial charge in [0.2, 0.25) is 0 Å². The maximum atomic E-state index is 13.7. The highest BCUT2D eigenvalue weighted by atomic mass is 32.1. The summed E-state index contributed by atoms with van der Waals surface area (Å²) in [7, 11) is 0. The molecule has 5 aromatic rings. The van der Waals surface area contributed by atoms with E-state index in [9.17, 15) is 9.18 Å². The van der Waals surface area contributed by atoms with Crippen LogP contribution in [0.15, 0.2) is 77.6 Å². The average Bonchev–Trinajstić information content (AvgIpc) is 3.25. The molecule has 0 N–H and O–H groups in total. The summed E-state index contributed by atoms with van der Waals surface area (Å²) in [5.74, 6) is 0.357. The first kappa shape index (κ1) is 17.6. The second kappa shape index (κ2) is 7.14. The lowest BCUT2D eigenvalue weighted by Crippen LogP contribution is -2.22. The van der Waals surface area contributed by atoms with Crippen LogP contribution in [0.1, 0.15) is 11.1 Å². The van der Waals surface area contributed by atoms with Gasteiger partial charge in [-0.05, 0) is 42.0 Å². The van der Waals surface area contributed by atoms with Gasteiger partial charge in [-0.2, -0.15) is 0 Å². The van der Waals surface area contributed by atoms with Crippen LogP contribution in [0, 0.1) is 5.82 Å². The van der Waals surface area contributed by atoms with Crippen molar-refractivity contribution >= 4 is 33.4 Å². The van der Waals surface area contributed by atoms with Crippen LogP contribution in [0.4, 0.5) is 4.39 Å². The molecular weight excluding hydrogens is 387 g/mol. The molecule has 0 aliphatic rings. The van der Waals surface area contributed by atoms with Gasteiger partial charge in [-0.15, -0.1) is 0 Å². The van der Waals surface area contributed by atoms with Crippen LogP contribution in [0.5, 0.6) is 5.75 Å². The summed E-state index contributed by atoms with van der Waals surface area (Å²) in [5, 5.41) is 0. The summed E-state index contributed by atoms with van der Waals surface area (Å²) >= 11 is 1.37. The first-order valence-electron chi connectivity index (χ1n) is 9.07. The van der Waals surface area contributed by atoms with Crippen LogP contribution in [0.2, 0.25) is 0 Å². The molecule has 6 heteroatoms. The quantitative estimate of drug-likeness (QED) is 0.453. The number of thiazole rings is 1. The monoisotopic (exact) mass is 402 g/mol. The fourth-order valence-corrected chi connectivity index (χ4v) is 4.19. The molecule has 0 aliphatic carbocycles. The summed E-state index contributed by atoms with van der Waals surface area (Å²) in [5.41, 5.74) is 2.96. The van der Waals surface area contributed by atoms with Crippen molar-refractivity contribution in [3.05, 3.63) is 105 Å². The van der Waals surface area contributed by atoms with E-state index in [1.807, 2.05) is 54.6 Å². The maximum absolute atomic E-state index is 13.7. The minimum atomic E-state index is -0.282. The van der Waals surface area contributed by atoms with Gasteiger partial charge in [0.25, 0.3) is 5.56 Å². The first-order chi connectivity index (χ1) is 14.2. The van der Waals surface area contributed by atoms with E-state index in [2.05, 4.69) is 4.98 Å². The van der Waals surface area contributed by atoms with Crippen molar-refractivity contribution in [1.82, 2.24) is 9.38 Å². The van der Waals surface area contributed by atoms with Gasteiger partial charge in [0.1, 0.15) is 18.2 Å². The Hall–Kier alpha value is -3.51. The first-order valence-corrected chi connectivity index (χ1v) is 9.89. The number of hydrogen-bond donors (Lipinski definition) is 0. The fraction of sp³-hybridized carbons (Fsp3) is 0.0435. The number of hydrogen-bond acceptors (Lipinski definition) is 4. The molecule has 0 atom stereocenters. The maximum Gasteiger partial charge on any atom is 0.274 e. The summed E-state index contributed by atoms with van der Waals surface area (Å²) in [6.45, 7) is 0.162. The summed E-state index contributed by atoms with van der Waals surface area (Å²) in [6.07, 6.45) is 1.84. The molecule has 4 nitrogen and oxygen atoms in total. The molecule has 0 aliphatic heterocycles. The van der Waals surface area contributed by atoms with Gasteiger partial charge >= 0.3 is 0 Å². The molecule has 142 valence electrons. The predicted molar refractivity (Wildman–Crippen MR) is 113 cm³/mol. The molecule has 0 saturated heterocycles. The zero-order valence-corrected chi connectivity index (χ0v) is 16.0. The minimum Gasteiger partial charge on any atom is -0.489 e. The molecular formula is C23H15FN2O2S. The Balaban J connectivity index is 1.42. The number of para-hydroxylation sites is 2. The number of aromatic nitrogens is 2. The zero-order chi connectivity index (χ0) is 19.8. The number of ether oxygens (including phenoxy) is 1. The van der Waals surface area contributed by atoms with Crippen molar-refractivity contribution in [2.24, 2.45) is 0 Å².